The van der Waals surface area contributed by atoms with Crippen molar-refractivity contribution in [2.75, 3.05) is 13.1 Å². The third-order valence-electron chi connectivity index (χ3n) is 10.4. The highest BCUT2D eigenvalue weighted by atomic mass is 32.2. The van der Waals surface area contributed by atoms with Crippen molar-refractivity contribution in [2.45, 2.75) is 119 Å². The molecular weight excluding hydrogens is 772 g/mol. The van der Waals surface area contributed by atoms with Gasteiger partial charge in [-0.25, -0.2) is 22.4 Å². The van der Waals surface area contributed by atoms with Crippen LogP contribution in [-0.4, -0.2) is 114 Å². The van der Waals surface area contributed by atoms with Crippen LogP contribution in [0.1, 0.15) is 76.8 Å². The van der Waals surface area contributed by atoms with Crippen LogP contribution in [0.15, 0.2) is 30.9 Å². The third kappa shape index (κ3) is 9.48. The van der Waals surface area contributed by atoms with E-state index in [0.717, 1.165) is 4.90 Å². The number of halogens is 1. The van der Waals surface area contributed by atoms with Gasteiger partial charge >= 0.3 is 18.2 Å². The van der Waals surface area contributed by atoms with E-state index in [-0.39, 0.29) is 58.3 Å². The smallest absolute Gasteiger partial charge is 0.410 e. The predicted octanol–water partition coefficient (Wildman–Crippen LogP) is 1.02. The number of ether oxygens (including phenoxy) is 3. The third-order valence-corrected chi connectivity index (χ3v) is 12.3. The van der Waals surface area contributed by atoms with Crippen molar-refractivity contribution in [3.8, 4) is 0 Å². The number of carbonyl (C=O) groups excluding carboxylic acids is 7. The summed E-state index contributed by atoms with van der Waals surface area (Å²) >= 11 is 0. The normalized spacial score (nSPS) is 25.7. The van der Waals surface area contributed by atoms with Gasteiger partial charge in [0.15, 0.2) is 6.10 Å². The van der Waals surface area contributed by atoms with Crippen molar-refractivity contribution in [1.29, 1.82) is 0 Å². The van der Waals surface area contributed by atoms with Gasteiger partial charge in [0.05, 0.1) is 18.3 Å². The van der Waals surface area contributed by atoms with E-state index in [9.17, 15) is 46.4 Å². The molecule has 57 heavy (non-hydrogen) atoms. The topological polar surface area (TPSA) is 236 Å². The Morgan fingerprint density at radius 1 is 1.11 bits per heavy atom. The molecule has 2 aliphatic carbocycles. The number of hydrogen-bond donors (Lipinski definition) is 4. The Morgan fingerprint density at radius 2 is 1.84 bits per heavy atom. The number of nitrogens with one attached hydrogen (secondary N) is 4. The molecule has 310 valence electrons. The fourth-order valence-electron chi connectivity index (χ4n) is 7.19. The molecule has 2 saturated carbocycles. The summed E-state index contributed by atoms with van der Waals surface area (Å²) in [7, 11) is -3.99. The number of nitrogens with zero attached hydrogens (tertiary/aromatic N) is 2. The second kappa shape index (κ2) is 15.9. The molecule has 5 aliphatic rings. The van der Waals surface area contributed by atoms with E-state index in [1.54, 1.807) is 26.8 Å². The van der Waals surface area contributed by atoms with Gasteiger partial charge in [0.1, 0.15) is 35.1 Å². The SMILES string of the molecule is C=CC1C[C@]1(NC(=O)[C@@H]1CC(OC(=O)N2Cc3cccc(F)c3C2)CN1C(=O)[C@H](CCNC(=O)[C@H]1CCC(=O)O1)NC(=O)OC(C)(C)C)C(=O)NS(=O)(=O)C1CC1. The standard InChI is InChI=1S/C37H47FN6O12S/c1-5-21-16-37(21,33(49)42-57(52,53)23-9-10-23)41-30(46)27-15-22(54-35(51)43-17-20-7-6-8-25(38)24(20)19-43)18-44(27)32(48)26(40-34(50)56-36(2,3)4)13-14-39-31(47)28-11-12-29(45)55-28/h5-8,21-23,26-28H,1,9-19H2,2-4H3,(H,39,47)(H,40,50)(H,41,46)(H,42,49)/t21?,22?,26-,27-,28+,37+/m0/s1. The minimum Gasteiger partial charge on any atom is -0.452 e. The maximum atomic E-state index is 14.5. The van der Waals surface area contributed by atoms with Gasteiger partial charge in [-0.1, -0.05) is 18.2 Å². The molecule has 0 bridgehead atoms. The number of amides is 6. The molecule has 3 heterocycles. The van der Waals surface area contributed by atoms with Crippen LogP contribution in [0, 0.1) is 11.7 Å². The zero-order chi connectivity index (χ0) is 41.4. The molecule has 20 heteroatoms. The molecule has 2 saturated heterocycles. The number of hydrogen-bond acceptors (Lipinski definition) is 12. The van der Waals surface area contributed by atoms with Gasteiger partial charge in [-0.15, -0.1) is 6.58 Å². The molecule has 18 nitrogen and oxygen atoms in total. The van der Waals surface area contributed by atoms with E-state index in [1.807, 2.05) is 0 Å². The molecular formula is C37H47FN6O12S. The molecule has 4 N–H and O–H groups in total. The van der Waals surface area contributed by atoms with E-state index in [2.05, 4.69) is 27.3 Å². The van der Waals surface area contributed by atoms with Crippen LogP contribution in [0.5, 0.6) is 0 Å². The number of esters is 1. The Balaban J connectivity index is 1.22. The average Bonchev–Trinajstić information content (AvgIpc) is 3.95. The van der Waals surface area contributed by atoms with E-state index in [4.69, 9.17) is 14.2 Å². The number of alkyl carbamates (subject to hydrolysis) is 1. The Bertz CT molecular complexity index is 1970. The first-order chi connectivity index (χ1) is 26.8. The molecule has 1 aromatic rings. The number of benzene rings is 1. The van der Waals surface area contributed by atoms with Crippen LogP contribution in [0.3, 0.4) is 0 Å². The number of likely N-dealkylation sites (tertiary alicyclic amines) is 1. The molecule has 0 aromatic heterocycles. The maximum absolute atomic E-state index is 14.5. The van der Waals surface area contributed by atoms with Crippen molar-refractivity contribution in [2.24, 2.45) is 5.92 Å². The second-order valence-electron chi connectivity index (χ2n) is 16.0. The lowest BCUT2D eigenvalue weighted by atomic mass is 10.1. The minimum atomic E-state index is -3.99. The lowest BCUT2D eigenvalue weighted by Gasteiger charge is -2.30. The molecule has 4 fully saturated rings. The molecule has 0 spiro atoms. The second-order valence-corrected chi connectivity index (χ2v) is 17.9. The largest absolute Gasteiger partial charge is 0.452 e. The van der Waals surface area contributed by atoms with Crippen LogP contribution < -0.4 is 20.7 Å². The van der Waals surface area contributed by atoms with E-state index in [0.29, 0.717) is 24.0 Å². The maximum Gasteiger partial charge on any atom is 0.410 e. The van der Waals surface area contributed by atoms with Crippen LogP contribution in [0.2, 0.25) is 0 Å². The summed E-state index contributed by atoms with van der Waals surface area (Å²) in [6.45, 7) is 7.97. The summed E-state index contributed by atoms with van der Waals surface area (Å²) < 4.78 is 58.0. The fourth-order valence-corrected chi connectivity index (χ4v) is 8.56. The van der Waals surface area contributed by atoms with Crippen LogP contribution in [-0.2, 0) is 61.3 Å². The lowest BCUT2D eigenvalue weighted by Crippen LogP contribution is -2.58. The summed E-state index contributed by atoms with van der Waals surface area (Å²) in [5.41, 5.74) is -1.75. The first kappa shape index (κ1) is 41.4. The molecule has 6 rings (SSSR count). The van der Waals surface area contributed by atoms with E-state index >= 15 is 0 Å². The van der Waals surface area contributed by atoms with Crippen LogP contribution in [0.25, 0.3) is 0 Å². The Kier molecular flexibility index (Phi) is 11.6. The van der Waals surface area contributed by atoms with Crippen molar-refractivity contribution in [3.63, 3.8) is 0 Å². The first-order valence-corrected chi connectivity index (χ1v) is 20.3. The molecule has 1 aromatic carbocycles. The van der Waals surface area contributed by atoms with Gasteiger partial charge < -0.3 is 35.1 Å². The molecule has 6 atom stereocenters. The Labute approximate surface area is 328 Å². The van der Waals surface area contributed by atoms with Gasteiger partial charge in [0, 0.05) is 43.8 Å². The highest BCUT2D eigenvalue weighted by molar-refractivity contribution is 7.91. The monoisotopic (exact) mass is 818 g/mol. The van der Waals surface area contributed by atoms with Gasteiger partial charge in [0.2, 0.25) is 21.8 Å². The molecule has 2 unspecified atom stereocenters. The fraction of sp³-hybridized carbons (Fsp3) is 0.595. The number of rotatable bonds is 13. The predicted molar refractivity (Wildman–Crippen MR) is 195 cm³/mol. The Morgan fingerprint density at radius 3 is 2.46 bits per heavy atom. The zero-order valence-corrected chi connectivity index (χ0v) is 32.7. The van der Waals surface area contributed by atoms with Crippen molar-refractivity contribution in [3.05, 3.63) is 47.8 Å². The van der Waals surface area contributed by atoms with Crippen molar-refractivity contribution < 1.29 is 60.6 Å². The summed E-state index contributed by atoms with van der Waals surface area (Å²) in [5.74, 6) is -4.92. The van der Waals surface area contributed by atoms with Crippen LogP contribution >= 0.6 is 0 Å². The zero-order valence-electron chi connectivity index (χ0n) is 31.8. The van der Waals surface area contributed by atoms with Crippen LogP contribution in [0.4, 0.5) is 14.0 Å². The van der Waals surface area contributed by atoms with Gasteiger partial charge in [-0.05, 0) is 58.1 Å². The minimum absolute atomic E-state index is 0.0260. The average molecular weight is 819 g/mol. The van der Waals surface area contributed by atoms with Gasteiger partial charge in [0.25, 0.3) is 11.8 Å². The number of carbonyl (C=O) groups is 7. The Hall–Kier alpha value is -5.27. The number of cyclic esters (lactones) is 1. The summed E-state index contributed by atoms with van der Waals surface area (Å²) in [6, 6.07) is 1.65. The highest BCUT2D eigenvalue weighted by Gasteiger charge is 2.62. The van der Waals surface area contributed by atoms with E-state index in [1.165, 1.54) is 23.1 Å². The molecule has 3 aliphatic heterocycles. The number of fused-ring (bicyclic) bond motifs is 1. The number of sulfonamides is 1. The van der Waals surface area contributed by atoms with Gasteiger partial charge in [-0.2, -0.15) is 0 Å². The summed E-state index contributed by atoms with van der Waals surface area (Å²) in [4.78, 5) is 95.0. The molecule has 6 amide bonds. The quantitative estimate of drug-likeness (QED) is 0.124. The first-order valence-electron chi connectivity index (χ1n) is 18.8. The van der Waals surface area contributed by atoms with Crippen molar-refractivity contribution >= 4 is 51.8 Å². The van der Waals surface area contributed by atoms with E-state index < -0.39 is 104 Å². The molecule has 0 radical (unpaired) electrons. The summed E-state index contributed by atoms with van der Waals surface area (Å²) in [6.07, 6.45) is -1.97. The summed E-state index contributed by atoms with van der Waals surface area (Å²) in [5, 5.41) is 7.00. The van der Waals surface area contributed by atoms with Gasteiger partial charge in [-0.3, -0.25) is 33.6 Å². The highest BCUT2D eigenvalue weighted by Crippen LogP contribution is 2.45. The van der Waals surface area contributed by atoms with Crippen molar-refractivity contribution in [1.82, 2.24) is 30.5 Å². The lowest BCUT2D eigenvalue weighted by molar-refractivity contribution is -0.148.